The van der Waals surface area contributed by atoms with E-state index in [9.17, 15) is 9.90 Å². The molecule has 0 radical (unpaired) electrons. The monoisotopic (exact) mass is 292 g/mol. The minimum atomic E-state index is -0.355. The summed E-state index contributed by atoms with van der Waals surface area (Å²) < 4.78 is 0. The Kier molecular flexibility index (Phi) is 7.40. The number of rotatable bonds is 8. The lowest BCUT2D eigenvalue weighted by Gasteiger charge is -2.18. The molecule has 21 heavy (non-hydrogen) atoms. The smallest absolute Gasteiger partial charge is 0.225 e. The molecule has 1 aromatic rings. The number of carbonyl (C=O) groups excluding carboxylic acids is 1. The molecular formula is C17H28N2O2. The van der Waals surface area contributed by atoms with E-state index < -0.39 is 0 Å². The molecule has 0 bridgehead atoms. The fraction of sp³-hybridized carbons (Fsp3) is 0.588. The summed E-state index contributed by atoms with van der Waals surface area (Å²) in [5.41, 5.74) is 1.91. The van der Waals surface area contributed by atoms with Crippen LogP contribution in [-0.2, 0) is 4.79 Å². The first-order valence-electron chi connectivity index (χ1n) is 7.65. The highest BCUT2D eigenvalue weighted by Gasteiger charge is 2.12. The predicted molar refractivity (Wildman–Crippen MR) is 87.4 cm³/mol. The first-order valence-corrected chi connectivity index (χ1v) is 7.65. The fourth-order valence-electron chi connectivity index (χ4n) is 2.23. The van der Waals surface area contributed by atoms with E-state index in [-0.39, 0.29) is 18.1 Å². The van der Waals surface area contributed by atoms with Crippen LogP contribution in [0.4, 0.5) is 5.69 Å². The Morgan fingerprint density at radius 2 is 1.90 bits per heavy atom. The zero-order valence-electron chi connectivity index (χ0n) is 13.5. The summed E-state index contributed by atoms with van der Waals surface area (Å²) in [6.45, 7) is 8.63. The third-order valence-electron chi connectivity index (χ3n) is 3.36. The molecule has 0 saturated heterocycles. The molecule has 0 fully saturated rings. The molecule has 3 N–H and O–H groups in total. The molecule has 2 unspecified atom stereocenters. The summed E-state index contributed by atoms with van der Waals surface area (Å²) in [4.78, 5) is 12.0. The van der Waals surface area contributed by atoms with Crippen LogP contribution < -0.4 is 10.6 Å². The van der Waals surface area contributed by atoms with E-state index in [1.807, 2.05) is 38.1 Å². The average molecular weight is 292 g/mol. The highest BCUT2D eigenvalue weighted by atomic mass is 16.3. The van der Waals surface area contributed by atoms with E-state index in [0.29, 0.717) is 18.9 Å². The van der Waals surface area contributed by atoms with Gasteiger partial charge in [0.05, 0.1) is 6.10 Å². The maximum Gasteiger partial charge on any atom is 0.225 e. The van der Waals surface area contributed by atoms with Crippen LogP contribution in [-0.4, -0.2) is 29.7 Å². The van der Waals surface area contributed by atoms with Crippen molar-refractivity contribution in [2.45, 2.75) is 52.7 Å². The molecule has 0 spiro atoms. The Morgan fingerprint density at radius 1 is 1.24 bits per heavy atom. The van der Waals surface area contributed by atoms with Crippen molar-refractivity contribution in [2.24, 2.45) is 5.92 Å². The normalized spacial score (nSPS) is 14.0. The molecule has 1 rings (SSSR count). The summed E-state index contributed by atoms with van der Waals surface area (Å²) in [6.07, 6.45) is 0.810. The molecule has 0 aliphatic rings. The Balaban J connectivity index is 2.32. The van der Waals surface area contributed by atoms with Gasteiger partial charge in [0.15, 0.2) is 0 Å². The van der Waals surface area contributed by atoms with Crippen molar-refractivity contribution in [2.75, 3.05) is 11.9 Å². The molecule has 0 heterocycles. The largest absolute Gasteiger partial charge is 0.392 e. The van der Waals surface area contributed by atoms with Crippen molar-refractivity contribution in [1.82, 2.24) is 5.32 Å². The Bertz CT molecular complexity index is 446. The molecular weight excluding hydrogens is 264 g/mol. The quantitative estimate of drug-likeness (QED) is 0.690. The number of hydrogen-bond donors (Lipinski definition) is 3. The van der Waals surface area contributed by atoms with Gasteiger partial charge in [-0.15, -0.1) is 0 Å². The van der Waals surface area contributed by atoms with Gasteiger partial charge in [0.1, 0.15) is 0 Å². The van der Waals surface area contributed by atoms with Crippen molar-refractivity contribution in [3.63, 3.8) is 0 Å². The van der Waals surface area contributed by atoms with Crippen LogP contribution in [0.25, 0.3) is 0 Å². The number of aliphatic hydroxyl groups is 1. The highest BCUT2D eigenvalue weighted by Crippen LogP contribution is 2.13. The Labute approximate surface area is 128 Å². The van der Waals surface area contributed by atoms with E-state index in [4.69, 9.17) is 0 Å². The lowest BCUT2D eigenvalue weighted by Crippen LogP contribution is -2.36. The van der Waals surface area contributed by atoms with Crippen LogP contribution in [0.3, 0.4) is 0 Å². The average Bonchev–Trinajstić information content (AvgIpc) is 2.38. The summed E-state index contributed by atoms with van der Waals surface area (Å²) in [5, 5.41) is 15.9. The summed E-state index contributed by atoms with van der Waals surface area (Å²) in [7, 11) is 0. The SMILES string of the molecule is Cc1ccccc1NC(=O)CC(C)NCC(O)CC(C)C. The third kappa shape index (κ3) is 7.25. The zero-order valence-corrected chi connectivity index (χ0v) is 13.5. The second kappa shape index (κ2) is 8.80. The van der Waals surface area contributed by atoms with Crippen LogP contribution in [0, 0.1) is 12.8 Å². The molecule has 4 heteroatoms. The first kappa shape index (κ1) is 17.7. The molecule has 2 atom stereocenters. The van der Waals surface area contributed by atoms with E-state index in [0.717, 1.165) is 17.7 Å². The Hall–Kier alpha value is -1.39. The van der Waals surface area contributed by atoms with Gasteiger partial charge < -0.3 is 15.7 Å². The molecule has 0 aromatic heterocycles. The van der Waals surface area contributed by atoms with Crippen molar-refractivity contribution in [3.8, 4) is 0 Å². The van der Waals surface area contributed by atoms with Crippen molar-refractivity contribution >= 4 is 11.6 Å². The number of benzene rings is 1. The van der Waals surface area contributed by atoms with Crippen LogP contribution in [0.1, 0.15) is 39.2 Å². The van der Waals surface area contributed by atoms with Gasteiger partial charge in [-0.05, 0) is 37.8 Å². The number of anilines is 1. The zero-order chi connectivity index (χ0) is 15.8. The van der Waals surface area contributed by atoms with Gasteiger partial charge in [0, 0.05) is 24.7 Å². The van der Waals surface area contributed by atoms with Gasteiger partial charge in [-0.3, -0.25) is 4.79 Å². The summed E-state index contributed by atoms with van der Waals surface area (Å²) >= 11 is 0. The number of para-hydroxylation sites is 1. The van der Waals surface area contributed by atoms with Crippen molar-refractivity contribution in [3.05, 3.63) is 29.8 Å². The molecule has 1 amide bonds. The van der Waals surface area contributed by atoms with Crippen LogP contribution in [0.15, 0.2) is 24.3 Å². The van der Waals surface area contributed by atoms with Crippen molar-refractivity contribution < 1.29 is 9.90 Å². The van der Waals surface area contributed by atoms with Crippen LogP contribution in [0.5, 0.6) is 0 Å². The molecule has 0 saturated carbocycles. The molecule has 118 valence electrons. The van der Waals surface area contributed by atoms with Gasteiger partial charge in [-0.2, -0.15) is 0 Å². The van der Waals surface area contributed by atoms with Gasteiger partial charge >= 0.3 is 0 Å². The predicted octanol–water partition coefficient (Wildman–Crippen LogP) is 2.71. The van der Waals surface area contributed by atoms with Gasteiger partial charge in [0.25, 0.3) is 0 Å². The molecule has 0 aliphatic carbocycles. The van der Waals surface area contributed by atoms with Crippen LogP contribution >= 0.6 is 0 Å². The third-order valence-corrected chi connectivity index (χ3v) is 3.36. The lowest BCUT2D eigenvalue weighted by molar-refractivity contribution is -0.116. The summed E-state index contributed by atoms with van der Waals surface area (Å²) in [5.74, 6) is 0.462. The molecule has 1 aromatic carbocycles. The molecule has 4 nitrogen and oxygen atoms in total. The van der Waals surface area contributed by atoms with Gasteiger partial charge in [-0.25, -0.2) is 0 Å². The minimum absolute atomic E-state index is 0.0114. The van der Waals surface area contributed by atoms with E-state index in [2.05, 4.69) is 24.5 Å². The topological polar surface area (TPSA) is 61.4 Å². The lowest BCUT2D eigenvalue weighted by atomic mass is 10.1. The number of hydrogen-bond acceptors (Lipinski definition) is 3. The standard InChI is InChI=1S/C17H28N2O2/c1-12(2)9-15(20)11-18-14(4)10-17(21)19-16-8-6-5-7-13(16)3/h5-8,12,14-15,18,20H,9-11H2,1-4H3,(H,19,21). The second-order valence-corrected chi connectivity index (χ2v) is 6.16. The fourth-order valence-corrected chi connectivity index (χ4v) is 2.23. The van der Waals surface area contributed by atoms with Crippen LogP contribution in [0.2, 0.25) is 0 Å². The minimum Gasteiger partial charge on any atom is -0.392 e. The number of aliphatic hydroxyl groups excluding tert-OH is 1. The van der Waals surface area contributed by atoms with Gasteiger partial charge in [0.2, 0.25) is 5.91 Å². The molecule has 0 aliphatic heterocycles. The maximum atomic E-state index is 12.0. The van der Waals surface area contributed by atoms with E-state index in [1.165, 1.54) is 0 Å². The summed E-state index contributed by atoms with van der Waals surface area (Å²) in [6, 6.07) is 7.77. The number of carbonyl (C=O) groups is 1. The second-order valence-electron chi connectivity index (χ2n) is 6.16. The maximum absolute atomic E-state index is 12.0. The Morgan fingerprint density at radius 3 is 2.52 bits per heavy atom. The number of amides is 1. The van der Waals surface area contributed by atoms with Gasteiger partial charge in [-0.1, -0.05) is 32.0 Å². The number of aryl methyl sites for hydroxylation is 1. The van der Waals surface area contributed by atoms with E-state index >= 15 is 0 Å². The van der Waals surface area contributed by atoms with E-state index in [1.54, 1.807) is 0 Å². The first-order chi connectivity index (χ1) is 9.88. The van der Waals surface area contributed by atoms with Crippen molar-refractivity contribution in [1.29, 1.82) is 0 Å². The highest BCUT2D eigenvalue weighted by molar-refractivity contribution is 5.91. The number of nitrogens with one attached hydrogen (secondary N) is 2.